The molecule has 0 aliphatic heterocycles. The average Bonchev–Trinajstić information content (AvgIpc) is 2.35. The van der Waals surface area contributed by atoms with Crippen molar-refractivity contribution in [1.29, 1.82) is 0 Å². The molecule has 0 radical (unpaired) electrons. The predicted molar refractivity (Wildman–Crippen MR) is 79.5 cm³/mol. The lowest BCUT2D eigenvalue weighted by molar-refractivity contribution is 0.108. The number of phenolic OH excluding ortho intramolecular Hbond substituents is 1. The van der Waals surface area contributed by atoms with Crippen molar-refractivity contribution < 1.29 is 9.84 Å². The van der Waals surface area contributed by atoms with Gasteiger partial charge in [0.2, 0.25) is 0 Å². The van der Waals surface area contributed by atoms with E-state index in [0.717, 1.165) is 30.9 Å². The van der Waals surface area contributed by atoms with Gasteiger partial charge in [-0.3, -0.25) is 0 Å². The minimum Gasteiger partial charge on any atom is -0.507 e. The van der Waals surface area contributed by atoms with E-state index in [-0.39, 0.29) is 0 Å². The van der Waals surface area contributed by atoms with Gasteiger partial charge in [-0.1, -0.05) is 26.0 Å². The van der Waals surface area contributed by atoms with Crippen molar-refractivity contribution >= 4 is 0 Å². The Bertz CT molecular complexity index is 379. The maximum absolute atomic E-state index is 9.77. The van der Waals surface area contributed by atoms with Crippen LogP contribution in [0.2, 0.25) is 0 Å². The Kier molecular flexibility index (Phi) is 6.32. The van der Waals surface area contributed by atoms with E-state index in [2.05, 4.69) is 19.2 Å². The van der Waals surface area contributed by atoms with Crippen molar-refractivity contribution in [3.05, 3.63) is 28.8 Å². The fourth-order valence-corrected chi connectivity index (χ4v) is 2.13. The molecule has 0 spiro atoms. The Hall–Kier alpha value is -1.06. The first-order valence-electron chi connectivity index (χ1n) is 7.05. The zero-order valence-corrected chi connectivity index (χ0v) is 12.8. The van der Waals surface area contributed by atoms with Gasteiger partial charge in [0, 0.05) is 19.2 Å². The number of aryl methyl sites for hydroxylation is 2. The molecule has 0 aliphatic carbocycles. The molecule has 1 atom stereocenters. The molecule has 1 aromatic carbocycles. The highest BCUT2D eigenvalue weighted by Crippen LogP contribution is 2.22. The van der Waals surface area contributed by atoms with Crippen LogP contribution < -0.4 is 5.32 Å². The molecule has 1 rings (SSSR count). The van der Waals surface area contributed by atoms with Crippen LogP contribution in [0.4, 0.5) is 0 Å². The highest BCUT2D eigenvalue weighted by molar-refractivity contribution is 5.42. The van der Waals surface area contributed by atoms with Crippen molar-refractivity contribution in [2.45, 2.75) is 47.2 Å². The van der Waals surface area contributed by atoms with Gasteiger partial charge >= 0.3 is 0 Å². The van der Waals surface area contributed by atoms with Gasteiger partial charge in [-0.15, -0.1) is 0 Å². The predicted octanol–water partition coefficient (Wildman–Crippen LogP) is 3.16. The molecule has 3 nitrogen and oxygen atoms in total. The largest absolute Gasteiger partial charge is 0.507 e. The quantitative estimate of drug-likeness (QED) is 0.795. The number of benzene rings is 1. The number of rotatable bonds is 7. The van der Waals surface area contributed by atoms with Crippen LogP contribution in [0.1, 0.15) is 37.5 Å². The summed E-state index contributed by atoms with van der Waals surface area (Å²) < 4.78 is 5.51. The summed E-state index contributed by atoms with van der Waals surface area (Å²) in [4.78, 5) is 0. The number of hydrogen-bond donors (Lipinski definition) is 2. The molecular formula is C16H27NO2. The van der Waals surface area contributed by atoms with Crippen LogP contribution in [-0.4, -0.2) is 24.4 Å². The van der Waals surface area contributed by atoms with E-state index in [1.807, 2.05) is 32.9 Å². The van der Waals surface area contributed by atoms with Gasteiger partial charge in [0.25, 0.3) is 0 Å². The third kappa shape index (κ3) is 4.84. The molecule has 1 unspecified atom stereocenters. The topological polar surface area (TPSA) is 41.5 Å². The van der Waals surface area contributed by atoms with Crippen LogP contribution in [-0.2, 0) is 11.3 Å². The van der Waals surface area contributed by atoms with Crippen LogP contribution in [0.5, 0.6) is 5.75 Å². The number of phenols is 1. The van der Waals surface area contributed by atoms with Crippen LogP contribution >= 0.6 is 0 Å². The van der Waals surface area contributed by atoms with Crippen molar-refractivity contribution in [3.63, 3.8) is 0 Å². The van der Waals surface area contributed by atoms with E-state index < -0.39 is 0 Å². The van der Waals surface area contributed by atoms with E-state index in [9.17, 15) is 5.11 Å². The third-order valence-electron chi connectivity index (χ3n) is 3.43. The monoisotopic (exact) mass is 265 g/mol. The summed E-state index contributed by atoms with van der Waals surface area (Å²) in [5, 5.41) is 13.3. The highest BCUT2D eigenvalue weighted by atomic mass is 16.5. The molecule has 2 N–H and O–H groups in total. The Labute approximate surface area is 117 Å². The maximum atomic E-state index is 9.77. The summed E-state index contributed by atoms with van der Waals surface area (Å²) in [5.74, 6) is 0.935. The minimum absolute atomic E-state index is 0.356. The van der Waals surface area contributed by atoms with Crippen molar-refractivity contribution in [1.82, 2.24) is 5.32 Å². The fraction of sp³-hybridized carbons (Fsp3) is 0.625. The van der Waals surface area contributed by atoms with Crippen LogP contribution in [0.15, 0.2) is 12.1 Å². The normalized spacial score (nSPS) is 12.9. The number of aromatic hydroxyl groups is 1. The molecule has 0 aromatic heterocycles. The van der Waals surface area contributed by atoms with Gasteiger partial charge in [0.15, 0.2) is 0 Å². The summed E-state index contributed by atoms with van der Waals surface area (Å²) in [6.07, 6.45) is 0. The summed E-state index contributed by atoms with van der Waals surface area (Å²) >= 11 is 0. The first-order valence-corrected chi connectivity index (χ1v) is 7.05. The van der Waals surface area contributed by atoms with E-state index in [0.29, 0.717) is 17.7 Å². The first-order chi connectivity index (χ1) is 8.95. The molecule has 0 heterocycles. The SMILES string of the molecule is CCOCC(NCc1cc(C)c(O)c(C)c1)C(C)C. The molecule has 0 bridgehead atoms. The van der Waals surface area contributed by atoms with E-state index in [1.165, 1.54) is 5.56 Å². The maximum Gasteiger partial charge on any atom is 0.121 e. The molecule has 0 fully saturated rings. The van der Waals surface area contributed by atoms with Crippen molar-refractivity contribution in [3.8, 4) is 5.75 Å². The Balaban J connectivity index is 2.63. The van der Waals surface area contributed by atoms with Crippen LogP contribution in [0.3, 0.4) is 0 Å². The molecule has 108 valence electrons. The Morgan fingerprint density at radius 2 is 1.79 bits per heavy atom. The summed E-state index contributed by atoms with van der Waals surface area (Å²) in [6, 6.07) is 4.43. The molecule has 0 saturated carbocycles. The third-order valence-corrected chi connectivity index (χ3v) is 3.43. The smallest absolute Gasteiger partial charge is 0.121 e. The van der Waals surface area contributed by atoms with Crippen LogP contribution in [0, 0.1) is 19.8 Å². The van der Waals surface area contributed by atoms with E-state index >= 15 is 0 Å². The van der Waals surface area contributed by atoms with Gasteiger partial charge in [-0.05, 0) is 43.4 Å². The van der Waals surface area contributed by atoms with Gasteiger partial charge in [0.1, 0.15) is 5.75 Å². The lowest BCUT2D eigenvalue weighted by atomic mass is 10.0. The molecule has 3 heteroatoms. The van der Waals surface area contributed by atoms with E-state index in [4.69, 9.17) is 4.74 Å². The minimum atomic E-state index is 0.356. The fourth-order valence-electron chi connectivity index (χ4n) is 2.13. The standard InChI is InChI=1S/C16H27NO2/c1-6-19-10-15(11(2)3)17-9-14-7-12(4)16(18)13(5)8-14/h7-8,11,15,17-18H,6,9-10H2,1-5H3. The first kappa shape index (κ1) is 16.0. The van der Waals surface area contributed by atoms with Crippen molar-refractivity contribution in [2.24, 2.45) is 5.92 Å². The van der Waals surface area contributed by atoms with Gasteiger partial charge < -0.3 is 15.2 Å². The summed E-state index contributed by atoms with van der Waals surface area (Å²) in [5.41, 5.74) is 3.07. The van der Waals surface area contributed by atoms with Crippen LogP contribution in [0.25, 0.3) is 0 Å². The lowest BCUT2D eigenvalue weighted by Gasteiger charge is -2.22. The lowest BCUT2D eigenvalue weighted by Crippen LogP contribution is -2.37. The van der Waals surface area contributed by atoms with Gasteiger partial charge in [0.05, 0.1) is 6.61 Å². The zero-order valence-electron chi connectivity index (χ0n) is 12.8. The number of hydrogen-bond acceptors (Lipinski definition) is 3. The Morgan fingerprint density at radius 1 is 1.21 bits per heavy atom. The Morgan fingerprint density at radius 3 is 2.26 bits per heavy atom. The highest BCUT2D eigenvalue weighted by Gasteiger charge is 2.13. The number of nitrogens with one attached hydrogen (secondary N) is 1. The molecule has 0 saturated heterocycles. The average molecular weight is 265 g/mol. The van der Waals surface area contributed by atoms with Crippen molar-refractivity contribution in [2.75, 3.05) is 13.2 Å². The van der Waals surface area contributed by atoms with Gasteiger partial charge in [-0.25, -0.2) is 0 Å². The second-order valence-corrected chi connectivity index (χ2v) is 5.47. The molecule has 0 amide bonds. The number of ether oxygens (including phenoxy) is 1. The molecular weight excluding hydrogens is 238 g/mol. The molecule has 0 aliphatic rings. The summed E-state index contributed by atoms with van der Waals surface area (Å²) in [6.45, 7) is 12.6. The van der Waals surface area contributed by atoms with Gasteiger partial charge in [-0.2, -0.15) is 0 Å². The molecule has 1 aromatic rings. The molecule has 19 heavy (non-hydrogen) atoms. The summed E-state index contributed by atoms with van der Waals surface area (Å²) in [7, 11) is 0. The second-order valence-electron chi connectivity index (χ2n) is 5.47. The zero-order chi connectivity index (χ0) is 14.4. The van der Waals surface area contributed by atoms with E-state index in [1.54, 1.807) is 0 Å². The second kappa shape index (κ2) is 7.51.